The fourth-order valence-electron chi connectivity index (χ4n) is 9.83. The number of aromatic hydroxyl groups is 1. The second-order valence-corrected chi connectivity index (χ2v) is 23.6. The van der Waals surface area contributed by atoms with Gasteiger partial charge < -0.3 is 85.7 Å². The Balaban J connectivity index is 2.42. The number of carbonyl (C=O) groups is 11. The lowest BCUT2D eigenvalue weighted by atomic mass is 9.96. The van der Waals surface area contributed by atoms with Gasteiger partial charge in [-0.2, -0.15) is 0 Å². The first kappa shape index (κ1) is 75.1. The average molecular weight is 1220 g/mol. The zero-order valence-electron chi connectivity index (χ0n) is 51.6. The number of benzene rings is 1. The van der Waals surface area contributed by atoms with E-state index in [0.29, 0.717) is 69.9 Å². The summed E-state index contributed by atoms with van der Waals surface area (Å²) in [6, 6.07) is -6.44. The third-order valence-electron chi connectivity index (χ3n) is 15.2. The Labute approximate surface area is 505 Å². The fraction of sp³-hybridized carbons (Fsp3) is 0.712. The number of nitrogens with two attached hydrogens (primary N) is 4. The normalized spacial score (nSPS) is 16.7. The summed E-state index contributed by atoms with van der Waals surface area (Å²) in [5.41, 5.74) is 24.0. The molecule has 0 saturated carbocycles. The molecule has 0 aliphatic carbocycles. The topological polar surface area (TPSA) is 452 Å². The number of likely N-dealkylation sites (tertiary alicyclic amines) is 1. The molecule has 0 radical (unpaired) electrons. The summed E-state index contributed by atoms with van der Waals surface area (Å²) in [4.78, 5) is 152. The van der Waals surface area contributed by atoms with Crippen molar-refractivity contribution in [2.45, 2.75) is 219 Å². The summed E-state index contributed by atoms with van der Waals surface area (Å²) in [5, 5.41) is 50.9. The molecular weight excluding hydrogens is 1110 g/mol. The SMILES string of the molecule is CC[C@H](C)[C@H](NC(=O)[C@H](CCCCN)NC(=O)[C@@H](NC(=O)[C@@H](NC(=O)[C@H](CCCCN)NC(=O)[C@H](Cc1ccc(O)cc1)NC(=O)[C@@H](N)CCCCN)C(C)C)C(C)C)C(=O)N[C@@H](CCC(=O)O)C(=O)N1CCC[C@H]1C(=O)N[C@@H](CC(C)C)C(=O)O. The summed E-state index contributed by atoms with van der Waals surface area (Å²) in [6.07, 6.45) is 3.31. The first-order valence-corrected chi connectivity index (χ1v) is 30.4. The molecule has 86 heavy (non-hydrogen) atoms. The fourth-order valence-corrected chi connectivity index (χ4v) is 9.83. The second kappa shape index (κ2) is 38.9. The van der Waals surface area contributed by atoms with Crippen molar-refractivity contribution < 1.29 is 68.1 Å². The standard InChI is InChI=1S/C59H101N13O14/c1-9-36(8)49(57(83)66-42(25-26-46(74)75)58(84)72-30-16-20-45(72)54(80)68-44(59(85)86)31-33(2)3)71-52(78)41(19-12-15-29-62)65-55(81)47(34(4)5)70-56(82)48(35(6)7)69-51(77)40(18-11-14-28-61)64-53(79)43(32-37-21-23-38(73)24-22-37)67-50(76)39(63)17-10-13-27-60/h21-24,33-36,39-45,47-49,73H,9-20,25-32,60-63H2,1-8H3,(H,64,79)(H,65,81)(H,66,83)(H,67,76)(H,68,80)(H,69,77)(H,70,82)(H,71,78)(H,74,75)(H,85,86)/t36-,39-,40-,41-,42-,43-,44-,45-,47-,48-,49-/m0/s1. The lowest BCUT2D eigenvalue weighted by molar-refractivity contribution is -0.145. The van der Waals surface area contributed by atoms with Crippen LogP contribution in [-0.4, -0.2) is 172 Å². The van der Waals surface area contributed by atoms with Crippen molar-refractivity contribution in [1.29, 1.82) is 0 Å². The number of hydrogen-bond donors (Lipinski definition) is 15. The van der Waals surface area contributed by atoms with Gasteiger partial charge in [-0.05, 0) is 138 Å². The summed E-state index contributed by atoms with van der Waals surface area (Å²) < 4.78 is 0. The molecule has 1 heterocycles. The van der Waals surface area contributed by atoms with Crippen molar-refractivity contribution in [1.82, 2.24) is 47.4 Å². The van der Waals surface area contributed by atoms with E-state index < -0.39 is 150 Å². The van der Waals surface area contributed by atoms with Crippen molar-refractivity contribution in [2.75, 3.05) is 26.2 Å². The number of phenols is 1. The first-order chi connectivity index (χ1) is 40.6. The molecular formula is C59H101N13O14. The number of amides is 9. The van der Waals surface area contributed by atoms with Crippen LogP contribution in [0.25, 0.3) is 0 Å². The quantitative estimate of drug-likeness (QED) is 0.0380. The zero-order chi connectivity index (χ0) is 64.8. The predicted octanol–water partition coefficient (Wildman–Crippen LogP) is -0.128. The minimum absolute atomic E-state index is 0.0150. The van der Waals surface area contributed by atoms with Crippen LogP contribution < -0.4 is 65.5 Å². The Morgan fingerprint density at radius 3 is 1.49 bits per heavy atom. The van der Waals surface area contributed by atoms with E-state index in [-0.39, 0.29) is 69.8 Å². The maximum absolute atomic E-state index is 14.4. The summed E-state index contributed by atoms with van der Waals surface area (Å²) in [5.74, 6) is -11.1. The van der Waals surface area contributed by atoms with Crippen molar-refractivity contribution >= 4 is 65.1 Å². The molecule has 11 atom stereocenters. The van der Waals surface area contributed by atoms with Gasteiger partial charge in [-0.3, -0.25) is 47.9 Å². The lowest BCUT2D eigenvalue weighted by Gasteiger charge is -2.32. The van der Waals surface area contributed by atoms with E-state index >= 15 is 0 Å². The number of rotatable bonds is 41. The van der Waals surface area contributed by atoms with Crippen LogP contribution in [0.15, 0.2) is 24.3 Å². The van der Waals surface area contributed by atoms with Crippen LogP contribution in [0.3, 0.4) is 0 Å². The largest absolute Gasteiger partial charge is 0.508 e. The minimum atomic E-state index is -1.48. The van der Waals surface area contributed by atoms with Gasteiger partial charge >= 0.3 is 11.9 Å². The Bertz CT molecular complexity index is 2380. The number of aliphatic carboxylic acids is 2. The number of phenolic OH excluding ortho intramolecular Hbond substituents is 1. The number of unbranched alkanes of at least 4 members (excludes halogenated alkanes) is 3. The number of carbonyl (C=O) groups excluding carboxylic acids is 9. The second-order valence-electron chi connectivity index (χ2n) is 23.6. The zero-order valence-corrected chi connectivity index (χ0v) is 51.6. The molecule has 1 aliphatic rings. The Morgan fingerprint density at radius 1 is 0.547 bits per heavy atom. The highest BCUT2D eigenvalue weighted by atomic mass is 16.4. The molecule has 0 bridgehead atoms. The molecule has 9 amide bonds. The molecule has 1 aliphatic heterocycles. The van der Waals surface area contributed by atoms with E-state index in [4.69, 9.17) is 22.9 Å². The van der Waals surface area contributed by atoms with Crippen LogP contribution >= 0.6 is 0 Å². The molecule has 0 aromatic heterocycles. The number of carboxylic acid groups (broad SMARTS) is 2. The molecule has 1 saturated heterocycles. The highest BCUT2D eigenvalue weighted by Gasteiger charge is 2.41. The molecule has 1 aromatic rings. The van der Waals surface area contributed by atoms with E-state index in [9.17, 15) is 68.1 Å². The molecule has 1 fully saturated rings. The van der Waals surface area contributed by atoms with E-state index in [2.05, 4.69) is 42.5 Å². The van der Waals surface area contributed by atoms with Gasteiger partial charge in [0.2, 0.25) is 53.2 Å². The van der Waals surface area contributed by atoms with E-state index in [1.807, 2.05) is 0 Å². The van der Waals surface area contributed by atoms with E-state index in [1.54, 1.807) is 67.5 Å². The molecule has 2 rings (SSSR count). The van der Waals surface area contributed by atoms with Crippen LogP contribution in [0.4, 0.5) is 0 Å². The number of hydrogen-bond acceptors (Lipinski definition) is 16. The molecule has 27 nitrogen and oxygen atoms in total. The molecule has 0 unspecified atom stereocenters. The van der Waals surface area contributed by atoms with E-state index in [0.717, 1.165) is 0 Å². The van der Waals surface area contributed by atoms with Gasteiger partial charge in [-0.15, -0.1) is 0 Å². The van der Waals surface area contributed by atoms with Crippen molar-refractivity contribution in [3.63, 3.8) is 0 Å². The van der Waals surface area contributed by atoms with Crippen LogP contribution in [0.1, 0.15) is 157 Å². The van der Waals surface area contributed by atoms with Gasteiger partial charge in [-0.1, -0.05) is 80.4 Å². The summed E-state index contributed by atoms with van der Waals surface area (Å²) in [6.45, 7) is 14.7. The van der Waals surface area contributed by atoms with Crippen LogP contribution in [-0.2, 0) is 59.2 Å². The Kier molecular flexibility index (Phi) is 34.0. The highest BCUT2D eigenvalue weighted by Crippen LogP contribution is 2.22. The first-order valence-electron chi connectivity index (χ1n) is 30.4. The van der Waals surface area contributed by atoms with E-state index in [1.165, 1.54) is 17.0 Å². The highest BCUT2D eigenvalue weighted by molar-refractivity contribution is 5.99. The van der Waals surface area contributed by atoms with Crippen LogP contribution in [0.2, 0.25) is 0 Å². The molecule has 19 N–H and O–H groups in total. The number of nitrogens with zero attached hydrogens (tertiary/aromatic N) is 1. The summed E-state index contributed by atoms with van der Waals surface area (Å²) >= 11 is 0. The Hall–Kier alpha value is -6.97. The van der Waals surface area contributed by atoms with Crippen molar-refractivity contribution in [3.8, 4) is 5.75 Å². The third-order valence-corrected chi connectivity index (χ3v) is 15.2. The van der Waals surface area contributed by atoms with Gasteiger partial charge in [-0.25, -0.2) is 4.79 Å². The van der Waals surface area contributed by atoms with Gasteiger partial charge in [0.05, 0.1) is 6.04 Å². The monoisotopic (exact) mass is 1220 g/mol. The van der Waals surface area contributed by atoms with Crippen molar-refractivity contribution in [3.05, 3.63) is 29.8 Å². The van der Waals surface area contributed by atoms with Crippen molar-refractivity contribution in [2.24, 2.45) is 46.6 Å². The van der Waals surface area contributed by atoms with Gasteiger partial charge in [0.1, 0.15) is 60.1 Å². The Morgan fingerprint density at radius 2 is 1.00 bits per heavy atom. The smallest absolute Gasteiger partial charge is 0.326 e. The number of carboxylic acids is 2. The molecule has 486 valence electrons. The average Bonchev–Trinajstić information content (AvgIpc) is 2.66. The van der Waals surface area contributed by atoms with Crippen LogP contribution in [0.5, 0.6) is 5.75 Å². The maximum Gasteiger partial charge on any atom is 0.326 e. The minimum Gasteiger partial charge on any atom is -0.508 e. The molecule has 0 spiro atoms. The molecule has 27 heteroatoms. The maximum atomic E-state index is 14.4. The summed E-state index contributed by atoms with van der Waals surface area (Å²) in [7, 11) is 0. The third kappa shape index (κ3) is 25.9. The predicted molar refractivity (Wildman–Crippen MR) is 322 cm³/mol. The molecule has 1 aromatic carbocycles. The van der Waals surface area contributed by atoms with Gasteiger partial charge in [0, 0.05) is 19.4 Å². The number of nitrogens with one attached hydrogen (secondary N) is 8. The van der Waals surface area contributed by atoms with Crippen LogP contribution in [0, 0.1) is 23.7 Å². The lowest BCUT2D eigenvalue weighted by Crippen LogP contribution is -2.62. The van der Waals surface area contributed by atoms with Gasteiger partial charge in [0.25, 0.3) is 0 Å². The van der Waals surface area contributed by atoms with Gasteiger partial charge in [0.15, 0.2) is 0 Å².